The van der Waals surface area contributed by atoms with E-state index < -0.39 is 0 Å². The van der Waals surface area contributed by atoms with Crippen LogP contribution in [0.2, 0.25) is 0 Å². The fraction of sp³-hybridized carbons (Fsp3) is 0.0500. The summed E-state index contributed by atoms with van der Waals surface area (Å²) in [6.07, 6.45) is 0. The average Bonchev–Trinajstić information content (AvgIpc) is 3.09. The van der Waals surface area contributed by atoms with Gasteiger partial charge in [0.15, 0.2) is 0 Å². The minimum atomic E-state index is 0.421. The zero-order chi connectivity index (χ0) is 16.4. The van der Waals surface area contributed by atoms with Gasteiger partial charge in [0.2, 0.25) is 0 Å². The molecule has 4 heteroatoms. The van der Waals surface area contributed by atoms with E-state index in [9.17, 15) is 0 Å². The number of anilines is 1. The van der Waals surface area contributed by atoms with Crippen molar-refractivity contribution in [2.75, 3.05) is 5.73 Å². The molecule has 0 atom stereocenters. The molecule has 3 N–H and O–H groups in total. The first-order valence-corrected chi connectivity index (χ1v) is 7.80. The SMILES string of the molecule is Nc1cccc(OCc2cc(-c3ccc4ccccc4c3)n[nH]2)c1. The van der Waals surface area contributed by atoms with Gasteiger partial charge in [0, 0.05) is 17.3 Å². The molecule has 0 fully saturated rings. The first kappa shape index (κ1) is 14.3. The molecule has 0 radical (unpaired) electrons. The van der Waals surface area contributed by atoms with E-state index in [0.717, 1.165) is 22.7 Å². The molecule has 4 nitrogen and oxygen atoms in total. The van der Waals surface area contributed by atoms with Gasteiger partial charge in [-0.15, -0.1) is 0 Å². The Bertz CT molecular complexity index is 991. The molecule has 0 bridgehead atoms. The van der Waals surface area contributed by atoms with Crippen LogP contribution in [0.3, 0.4) is 0 Å². The monoisotopic (exact) mass is 315 g/mol. The number of ether oxygens (including phenoxy) is 1. The second kappa shape index (κ2) is 6.08. The lowest BCUT2D eigenvalue weighted by Crippen LogP contribution is -1.96. The Labute approximate surface area is 139 Å². The van der Waals surface area contributed by atoms with Crippen LogP contribution < -0.4 is 10.5 Å². The van der Waals surface area contributed by atoms with Crippen molar-refractivity contribution in [2.45, 2.75) is 6.61 Å². The molecule has 0 aliphatic carbocycles. The zero-order valence-electron chi connectivity index (χ0n) is 13.1. The molecule has 24 heavy (non-hydrogen) atoms. The molecular weight excluding hydrogens is 298 g/mol. The van der Waals surface area contributed by atoms with Gasteiger partial charge >= 0.3 is 0 Å². The molecule has 0 saturated carbocycles. The number of aromatic amines is 1. The van der Waals surface area contributed by atoms with Gasteiger partial charge in [-0.05, 0) is 35.0 Å². The van der Waals surface area contributed by atoms with Crippen molar-refractivity contribution in [3.63, 3.8) is 0 Å². The predicted octanol–water partition coefficient (Wildman–Crippen LogP) is 4.39. The van der Waals surface area contributed by atoms with Gasteiger partial charge in [-0.25, -0.2) is 0 Å². The summed E-state index contributed by atoms with van der Waals surface area (Å²) in [6, 6.07) is 24.1. The highest BCUT2D eigenvalue weighted by molar-refractivity contribution is 5.86. The molecule has 4 rings (SSSR count). The summed E-state index contributed by atoms with van der Waals surface area (Å²) < 4.78 is 5.74. The summed E-state index contributed by atoms with van der Waals surface area (Å²) >= 11 is 0. The number of nitrogens with two attached hydrogens (primary N) is 1. The van der Waals surface area contributed by atoms with E-state index in [1.54, 1.807) is 6.07 Å². The van der Waals surface area contributed by atoms with E-state index in [0.29, 0.717) is 12.3 Å². The van der Waals surface area contributed by atoms with Crippen LogP contribution in [0.25, 0.3) is 22.0 Å². The Balaban J connectivity index is 1.53. The summed E-state index contributed by atoms with van der Waals surface area (Å²) in [4.78, 5) is 0. The van der Waals surface area contributed by atoms with Gasteiger partial charge in [-0.3, -0.25) is 5.10 Å². The number of H-pyrrole nitrogens is 1. The Morgan fingerprint density at radius 2 is 1.75 bits per heavy atom. The normalized spacial score (nSPS) is 10.8. The van der Waals surface area contributed by atoms with Gasteiger partial charge in [-0.2, -0.15) is 5.10 Å². The van der Waals surface area contributed by atoms with E-state index in [1.165, 1.54) is 10.8 Å². The summed E-state index contributed by atoms with van der Waals surface area (Å²) in [5.41, 5.74) is 9.35. The van der Waals surface area contributed by atoms with Gasteiger partial charge in [0.25, 0.3) is 0 Å². The molecule has 1 heterocycles. The van der Waals surface area contributed by atoms with Crippen LogP contribution in [0.4, 0.5) is 5.69 Å². The molecule has 1 aromatic heterocycles. The first-order chi connectivity index (χ1) is 11.8. The van der Waals surface area contributed by atoms with Gasteiger partial charge in [0.1, 0.15) is 12.4 Å². The Morgan fingerprint density at radius 1 is 0.875 bits per heavy atom. The molecule has 0 unspecified atom stereocenters. The number of hydrogen-bond donors (Lipinski definition) is 2. The van der Waals surface area contributed by atoms with Crippen molar-refractivity contribution >= 4 is 16.5 Å². The summed E-state index contributed by atoms with van der Waals surface area (Å²) in [7, 11) is 0. The second-order valence-electron chi connectivity index (χ2n) is 5.70. The zero-order valence-corrected chi connectivity index (χ0v) is 13.1. The van der Waals surface area contributed by atoms with Crippen LogP contribution in [0.5, 0.6) is 5.75 Å². The molecule has 118 valence electrons. The molecule has 0 aliphatic heterocycles. The number of rotatable bonds is 4. The van der Waals surface area contributed by atoms with Crippen LogP contribution in [-0.4, -0.2) is 10.2 Å². The Morgan fingerprint density at radius 3 is 2.62 bits per heavy atom. The smallest absolute Gasteiger partial charge is 0.130 e. The summed E-state index contributed by atoms with van der Waals surface area (Å²) in [5.74, 6) is 0.747. The third-order valence-electron chi connectivity index (χ3n) is 3.93. The van der Waals surface area contributed by atoms with E-state index in [1.807, 2.05) is 36.4 Å². The van der Waals surface area contributed by atoms with Crippen molar-refractivity contribution in [3.05, 3.63) is 78.5 Å². The lowest BCUT2D eigenvalue weighted by atomic mass is 10.1. The number of aromatic nitrogens is 2. The topological polar surface area (TPSA) is 63.9 Å². The fourth-order valence-corrected chi connectivity index (χ4v) is 2.70. The van der Waals surface area contributed by atoms with Crippen molar-refractivity contribution in [3.8, 4) is 17.0 Å². The maximum Gasteiger partial charge on any atom is 0.130 e. The van der Waals surface area contributed by atoms with Gasteiger partial charge < -0.3 is 10.5 Å². The highest BCUT2D eigenvalue weighted by Crippen LogP contribution is 2.24. The molecular formula is C20H17N3O. The van der Waals surface area contributed by atoms with Crippen LogP contribution in [0.15, 0.2) is 72.8 Å². The lowest BCUT2D eigenvalue weighted by Gasteiger charge is -2.04. The third kappa shape index (κ3) is 2.94. The van der Waals surface area contributed by atoms with Crippen LogP contribution in [-0.2, 0) is 6.61 Å². The first-order valence-electron chi connectivity index (χ1n) is 7.80. The fourth-order valence-electron chi connectivity index (χ4n) is 2.70. The maximum atomic E-state index is 5.75. The number of nitrogens with zero attached hydrogens (tertiary/aromatic N) is 1. The predicted molar refractivity (Wildman–Crippen MR) is 96.7 cm³/mol. The van der Waals surface area contributed by atoms with E-state index >= 15 is 0 Å². The van der Waals surface area contributed by atoms with E-state index in [4.69, 9.17) is 10.5 Å². The minimum absolute atomic E-state index is 0.421. The maximum absolute atomic E-state index is 5.75. The minimum Gasteiger partial charge on any atom is -0.487 e. The van der Waals surface area contributed by atoms with Crippen LogP contribution in [0, 0.1) is 0 Å². The number of hydrogen-bond acceptors (Lipinski definition) is 3. The van der Waals surface area contributed by atoms with Crippen molar-refractivity contribution in [1.82, 2.24) is 10.2 Å². The number of nitrogen functional groups attached to an aromatic ring is 1. The number of fused-ring (bicyclic) bond motifs is 1. The third-order valence-corrected chi connectivity index (χ3v) is 3.93. The second-order valence-corrected chi connectivity index (χ2v) is 5.70. The molecule has 3 aromatic carbocycles. The van der Waals surface area contributed by atoms with Crippen LogP contribution >= 0.6 is 0 Å². The Kier molecular flexibility index (Phi) is 3.63. The van der Waals surface area contributed by atoms with Gasteiger partial charge in [0.05, 0.1) is 11.4 Å². The molecule has 4 aromatic rings. The summed E-state index contributed by atoms with van der Waals surface area (Å²) in [6.45, 7) is 0.421. The number of benzene rings is 3. The lowest BCUT2D eigenvalue weighted by molar-refractivity contribution is 0.301. The van der Waals surface area contributed by atoms with Crippen molar-refractivity contribution in [1.29, 1.82) is 0 Å². The molecule has 0 aliphatic rings. The van der Waals surface area contributed by atoms with E-state index in [-0.39, 0.29) is 0 Å². The van der Waals surface area contributed by atoms with Crippen LogP contribution in [0.1, 0.15) is 5.69 Å². The Hall–Kier alpha value is -3.27. The standard InChI is InChI=1S/C20H17N3O/c21-17-6-3-7-19(11-17)24-13-18-12-20(23-22-18)16-9-8-14-4-1-2-5-15(14)10-16/h1-12H,13,21H2,(H,22,23). The average molecular weight is 315 g/mol. The van der Waals surface area contributed by atoms with Gasteiger partial charge in [-0.1, -0.05) is 42.5 Å². The van der Waals surface area contributed by atoms with E-state index in [2.05, 4.69) is 40.5 Å². The quantitative estimate of drug-likeness (QED) is 0.549. The number of nitrogens with one attached hydrogen (secondary N) is 1. The highest BCUT2D eigenvalue weighted by Gasteiger charge is 2.06. The molecule has 0 spiro atoms. The van der Waals surface area contributed by atoms with Crippen molar-refractivity contribution < 1.29 is 4.74 Å². The summed E-state index contributed by atoms with van der Waals surface area (Å²) in [5, 5.41) is 9.85. The van der Waals surface area contributed by atoms with Crippen molar-refractivity contribution in [2.24, 2.45) is 0 Å². The highest BCUT2D eigenvalue weighted by atomic mass is 16.5. The largest absolute Gasteiger partial charge is 0.487 e. The molecule has 0 amide bonds. The molecule has 0 saturated heterocycles.